The largest absolute Gasteiger partial charge is 0.385 e. The number of nitrogens with zero attached hydrogens (tertiary/aromatic N) is 2. The molecule has 0 saturated carbocycles. The van der Waals surface area contributed by atoms with E-state index in [1.54, 1.807) is 13.2 Å². The topological polar surface area (TPSA) is 76.1 Å². The molecule has 1 aromatic carbocycles. The molecule has 0 unspecified atom stereocenters. The summed E-state index contributed by atoms with van der Waals surface area (Å²) in [7, 11) is 1.63. The Kier molecular flexibility index (Phi) is 6.31. The van der Waals surface area contributed by atoms with Gasteiger partial charge in [0, 0.05) is 37.0 Å². The van der Waals surface area contributed by atoms with Crippen LogP contribution in [0.4, 0.5) is 11.5 Å². The van der Waals surface area contributed by atoms with Crippen LogP contribution in [0.3, 0.4) is 0 Å². The summed E-state index contributed by atoms with van der Waals surface area (Å²) in [6, 6.07) is 7.17. The number of anilines is 2. The van der Waals surface area contributed by atoms with Crippen molar-refractivity contribution >= 4 is 29.0 Å². The lowest BCUT2D eigenvalue weighted by Gasteiger charge is -2.10. The molecule has 0 aliphatic rings. The molecule has 1 aromatic heterocycles. The molecular weight excluding hydrogens is 316 g/mol. The summed E-state index contributed by atoms with van der Waals surface area (Å²) in [5.74, 6) is 0.293. The third kappa shape index (κ3) is 4.91. The number of carbonyl (C=O) groups is 1. The average Bonchev–Trinajstić information content (AvgIpc) is 2.56. The highest BCUT2D eigenvalue weighted by atomic mass is 35.5. The maximum atomic E-state index is 12.0. The second-order valence-electron chi connectivity index (χ2n) is 4.93. The van der Waals surface area contributed by atoms with Gasteiger partial charge in [0.25, 0.3) is 5.91 Å². The molecule has 23 heavy (non-hydrogen) atoms. The molecule has 0 aliphatic heterocycles. The summed E-state index contributed by atoms with van der Waals surface area (Å²) in [6.07, 6.45) is 2.10. The van der Waals surface area contributed by atoms with Crippen molar-refractivity contribution in [2.45, 2.75) is 13.3 Å². The van der Waals surface area contributed by atoms with E-state index >= 15 is 0 Å². The van der Waals surface area contributed by atoms with Crippen LogP contribution in [0.5, 0.6) is 0 Å². The summed E-state index contributed by atoms with van der Waals surface area (Å²) < 4.78 is 4.94. The molecule has 0 spiro atoms. The van der Waals surface area contributed by atoms with Gasteiger partial charge in [-0.25, -0.2) is 9.97 Å². The first-order valence-electron chi connectivity index (χ1n) is 7.23. The van der Waals surface area contributed by atoms with Gasteiger partial charge in [0.1, 0.15) is 17.8 Å². The van der Waals surface area contributed by atoms with E-state index < -0.39 is 0 Å². The molecule has 0 aliphatic carbocycles. The average molecular weight is 335 g/mol. The van der Waals surface area contributed by atoms with E-state index in [2.05, 4.69) is 20.6 Å². The predicted molar refractivity (Wildman–Crippen MR) is 90.3 cm³/mol. The van der Waals surface area contributed by atoms with E-state index in [1.165, 1.54) is 6.33 Å². The highest BCUT2D eigenvalue weighted by Crippen LogP contribution is 2.25. The van der Waals surface area contributed by atoms with Gasteiger partial charge in [-0.15, -0.1) is 0 Å². The minimum atomic E-state index is -0.241. The van der Waals surface area contributed by atoms with Gasteiger partial charge < -0.3 is 15.4 Å². The fourth-order valence-electron chi connectivity index (χ4n) is 1.94. The van der Waals surface area contributed by atoms with Gasteiger partial charge in [0.2, 0.25) is 0 Å². The van der Waals surface area contributed by atoms with Crippen LogP contribution in [0.15, 0.2) is 30.6 Å². The Morgan fingerprint density at radius 1 is 1.35 bits per heavy atom. The maximum absolute atomic E-state index is 12.0. The number of ether oxygens (including phenoxy) is 1. The molecule has 7 heteroatoms. The van der Waals surface area contributed by atoms with Crippen molar-refractivity contribution in [1.82, 2.24) is 15.3 Å². The number of halogens is 1. The normalized spacial score (nSPS) is 10.4. The number of methoxy groups -OCH3 is 1. The Morgan fingerprint density at radius 3 is 2.96 bits per heavy atom. The van der Waals surface area contributed by atoms with Gasteiger partial charge in [-0.2, -0.15) is 0 Å². The number of rotatable bonds is 7. The van der Waals surface area contributed by atoms with E-state index in [4.69, 9.17) is 16.3 Å². The van der Waals surface area contributed by atoms with Crippen LogP contribution in [0.25, 0.3) is 0 Å². The molecule has 0 bridgehead atoms. The number of aromatic nitrogens is 2. The number of benzene rings is 1. The summed E-state index contributed by atoms with van der Waals surface area (Å²) >= 11 is 6.10. The Bertz CT molecular complexity index is 679. The van der Waals surface area contributed by atoms with Crippen molar-refractivity contribution in [3.8, 4) is 0 Å². The minimum Gasteiger partial charge on any atom is -0.385 e. The van der Waals surface area contributed by atoms with Crippen molar-refractivity contribution < 1.29 is 9.53 Å². The fourth-order valence-corrected chi connectivity index (χ4v) is 2.11. The first-order chi connectivity index (χ1) is 11.1. The zero-order valence-corrected chi connectivity index (χ0v) is 13.9. The second-order valence-corrected chi connectivity index (χ2v) is 5.34. The van der Waals surface area contributed by atoms with E-state index in [0.717, 1.165) is 17.7 Å². The highest BCUT2D eigenvalue weighted by molar-refractivity contribution is 6.31. The molecular formula is C16H19ClN4O2. The molecule has 2 aromatic rings. The first-order valence-corrected chi connectivity index (χ1v) is 7.61. The van der Waals surface area contributed by atoms with Crippen LogP contribution in [-0.4, -0.2) is 36.1 Å². The third-order valence-electron chi connectivity index (χ3n) is 3.24. The van der Waals surface area contributed by atoms with Crippen molar-refractivity contribution in [3.63, 3.8) is 0 Å². The lowest BCUT2D eigenvalue weighted by atomic mass is 10.2. The van der Waals surface area contributed by atoms with Crippen LogP contribution in [-0.2, 0) is 4.74 Å². The molecule has 6 nitrogen and oxygen atoms in total. The smallest absolute Gasteiger partial charge is 0.270 e. The predicted octanol–water partition coefficient (Wildman–Crippen LogP) is 2.95. The summed E-state index contributed by atoms with van der Waals surface area (Å²) in [5.41, 5.74) is 2.06. The van der Waals surface area contributed by atoms with Gasteiger partial charge in [-0.1, -0.05) is 17.7 Å². The molecule has 1 amide bonds. The maximum Gasteiger partial charge on any atom is 0.270 e. The Morgan fingerprint density at radius 2 is 2.17 bits per heavy atom. The summed E-state index contributed by atoms with van der Waals surface area (Å²) in [4.78, 5) is 20.2. The Balaban J connectivity index is 2.04. The van der Waals surface area contributed by atoms with E-state index in [0.29, 0.717) is 29.7 Å². The number of amides is 1. The molecule has 1 heterocycles. The number of hydrogen-bond donors (Lipinski definition) is 2. The third-order valence-corrected chi connectivity index (χ3v) is 3.65. The van der Waals surface area contributed by atoms with Crippen LogP contribution >= 0.6 is 11.6 Å². The zero-order chi connectivity index (χ0) is 16.7. The van der Waals surface area contributed by atoms with Gasteiger partial charge >= 0.3 is 0 Å². The number of carbonyl (C=O) groups excluding carboxylic acids is 1. The van der Waals surface area contributed by atoms with Crippen molar-refractivity contribution in [1.29, 1.82) is 0 Å². The van der Waals surface area contributed by atoms with E-state index in [-0.39, 0.29) is 5.91 Å². The quantitative estimate of drug-likeness (QED) is 0.761. The number of hydrogen-bond acceptors (Lipinski definition) is 5. The number of nitrogens with one attached hydrogen (secondary N) is 2. The van der Waals surface area contributed by atoms with Crippen LogP contribution in [0.1, 0.15) is 22.5 Å². The van der Waals surface area contributed by atoms with Crippen LogP contribution < -0.4 is 10.6 Å². The summed E-state index contributed by atoms with van der Waals surface area (Å²) in [5, 5.41) is 6.60. The van der Waals surface area contributed by atoms with E-state index in [9.17, 15) is 4.79 Å². The Labute approximate surface area is 140 Å². The van der Waals surface area contributed by atoms with Crippen LogP contribution in [0, 0.1) is 6.92 Å². The first kappa shape index (κ1) is 17.2. The van der Waals surface area contributed by atoms with Crippen LogP contribution in [0.2, 0.25) is 5.02 Å². The van der Waals surface area contributed by atoms with Crippen molar-refractivity contribution in [2.75, 3.05) is 25.6 Å². The monoisotopic (exact) mass is 334 g/mol. The Hall–Kier alpha value is -2.18. The second kappa shape index (κ2) is 8.45. The van der Waals surface area contributed by atoms with Gasteiger partial charge in [-0.05, 0) is 31.0 Å². The van der Waals surface area contributed by atoms with Crippen molar-refractivity contribution in [3.05, 3.63) is 46.9 Å². The van der Waals surface area contributed by atoms with Gasteiger partial charge in [0.05, 0.1) is 0 Å². The molecule has 0 atom stereocenters. The molecule has 2 rings (SSSR count). The standard InChI is InChI=1S/C16H19ClN4O2/c1-11-12(17)5-3-6-13(11)21-15-9-14(19-10-20-15)16(22)18-7-4-8-23-2/h3,5-6,9-10H,4,7-8H2,1-2H3,(H,18,22)(H,19,20,21). The molecule has 0 radical (unpaired) electrons. The van der Waals surface area contributed by atoms with E-state index in [1.807, 2.05) is 25.1 Å². The lowest BCUT2D eigenvalue weighted by Crippen LogP contribution is -2.26. The summed E-state index contributed by atoms with van der Waals surface area (Å²) in [6.45, 7) is 3.05. The minimum absolute atomic E-state index is 0.241. The van der Waals surface area contributed by atoms with Crippen molar-refractivity contribution in [2.24, 2.45) is 0 Å². The molecule has 0 saturated heterocycles. The highest BCUT2D eigenvalue weighted by Gasteiger charge is 2.09. The molecule has 122 valence electrons. The fraction of sp³-hybridized carbons (Fsp3) is 0.312. The van der Waals surface area contributed by atoms with Gasteiger partial charge in [0.15, 0.2) is 0 Å². The molecule has 0 fully saturated rings. The lowest BCUT2D eigenvalue weighted by molar-refractivity contribution is 0.0943. The van der Waals surface area contributed by atoms with Gasteiger partial charge in [-0.3, -0.25) is 4.79 Å². The zero-order valence-electron chi connectivity index (χ0n) is 13.1. The molecule has 2 N–H and O–H groups in total. The SMILES string of the molecule is COCCCNC(=O)c1cc(Nc2cccc(Cl)c2C)ncn1.